The molecule has 2 aromatic rings. The monoisotopic (exact) mass is 586 g/mol. The highest BCUT2D eigenvalue weighted by atomic mass is 32.2. The van der Waals surface area contributed by atoms with Crippen molar-refractivity contribution in [1.29, 1.82) is 0 Å². The molecule has 222 valence electrons. The van der Waals surface area contributed by atoms with Crippen molar-refractivity contribution in [3.8, 4) is 0 Å². The van der Waals surface area contributed by atoms with Crippen LogP contribution in [-0.4, -0.2) is 96.4 Å². The van der Waals surface area contributed by atoms with E-state index in [0.717, 1.165) is 25.2 Å². The standard InChI is InChI=1S/C29H39FN6O4S/c1-18-27(19(2)32-17-31-18)29(38)36-15-22-13-35(14-23(22)16-36)9-8-26(20-6-5-7-24(30)10-20)33-28(37)21-11-25(12-21)34(3)41(4,39)40/h5-7,10,17,21-23,25-26H,8-9,11-16H2,1-4H3,(H,33,37). The minimum Gasteiger partial charge on any atom is -0.349 e. The number of rotatable bonds is 9. The fourth-order valence-corrected chi connectivity index (χ4v) is 7.23. The molecule has 1 saturated carbocycles. The van der Waals surface area contributed by atoms with Gasteiger partial charge in [-0.2, -0.15) is 0 Å². The van der Waals surface area contributed by atoms with Crippen LogP contribution in [-0.2, 0) is 14.8 Å². The Bertz CT molecular complexity index is 1380. The molecule has 3 atom stereocenters. The van der Waals surface area contributed by atoms with Crippen molar-refractivity contribution in [3.05, 3.63) is 58.9 Å². The minimum atomic E-state index is -3.31. The van der Waals surface area contributed by atoms with Gasteiger partial charge in [-0.1, -0.05) is 12.1 Å². The maximum Gasteiger partial charge on any atom is 0.257 e. The summed E-state index contributed by atoms with van der Waals surface area (Å²) in [6.07, 6.45) is 4.23. The molecule has 12 heteroatoms. The van der Waals surface area contributed by atoms with Crippen molar-refractivity contribution in [2.45, 2.75) is 45.2 Å². The largest absolute Gasteiger partial charge is 0.349 e. The van der Waals surface area contributed by atoms with E-state index in [1.54, 1.807) is 13.1 Å². The molecule has 1 aromatic heterocycles. The summed E-state index contributed by atoms with van der Waals surface area (Å²) in [5, 5.41) is 3.12. The molecule has 10 nitrogen and oxygen atoms in total. The first-order valence-electron chi connectivity index (χ1n) is 14.2. The first-order chi connectivity index (χ1) is 19.4. The predicted molar refractivity (Wildman–Crippen MR) is 152 cm³/mol. The maximum absolute atomic E-state index is 14.1. The fraction of sp³-hybridized carbons (Fsp3) is 0.586. The van der Waals surface area contributed by atoms with Gasteiger partial charge in [-0.3, -0.25) is 9.59 Å². The van der Waals surface area contributed by atoms with E-state index in [1.807, 2.05) is 24.8 Å². The van der Waals surface area contributed by atoms with Crippen LogP contribution in [0.2, 0.25) is 0 Å². The third-order valence-electron chi connectivity index (χ3n) is 9.11. The van der Waals surface area contributed by atoms with Crippen molar-refractivity contribution in [1.82, 2.24) is 29.4 Å². The van der Waals surface area contributed by atoms with Crippen LogP contribution in [0.1, 0.15) is 52.6 Å². The summed E-state index contributed by atoms with van der Waals surface area (Å²) >= 11 is 0. The van der Waals surface area contributed by atoms with Crippen LogP contribution >= 0.6 is 0 Å². The molecule has 0 bridgehead atoms. The summed E-state index contributed by atoms with van der Waals surface area (Å²) < 4.78 is 39.1. The third kappa shape index (κ3) is 6.44. The minimum absolute atomic E-state index is 0.00334. The Morgan fingerprint density at radius 1 is 1.10 bits per heavy atom. The number of halogens is 1. The van der Waals surface area contributed by atoms with Gasteiger partial charge in [0.15, 0.2) is 0 Å². The second kappa shape index (κ2) is 11.7. The van der Waals surface area contributed by atoms with Crippen LogP contribution in [0.5, 0.6) is 0 Å². The Hall–Kier alpha value is -2.96. The van der Waals surface area contributed by atoms with Gasteiger partial charge in [-0.25, -0.2) is 27.1 Å². The van der Waals surface area contributed by atoms with E-state index in [1.165, 1.54) is 29.0 Å². The second-order valence-corrected chi connectivity index (χ2v) is 14.0. The van der Waals surface area contributed by atoms with Gasteiger partial charge >= 0.3 is 0 Å². The molecular weight excluding hydrogens is 547 g/mol. The lowest BCUT2D eigenvalue weighted by atomic mass is 9.79. The number of aromatic nitrogens is 2. The Balaban J connectivity index is 1.16. The summed E-state index contributed by atoms with van der Waals surface area (Å²) in [5.74, 6) is 0.0132. The highest BCUT2D eigenvalue weighted by molar-refractivity contribution is 7.88. The number of sulfonamides is 1. The van der Waals surface area contributed by atoms with Gasteiger partial charge in [-0.05, 0) is 62.6 Å². The average molecular weight is 587 g/mol. The van der Waals surface area contributed by atoms with E-state index in [4.69, 9.17) is 0 Å². The molecule has 41 heavy (non-hydrogen) atoms. The molecule has 3 heterocycles. The van der Waals surface area contributed by atoms with Gasteiger partial charge in [-0.15, -0.1) is 0 Å². The Kier molecular flexibility index (Phi) is 8.45. The number of hydrogen-bond acceptors (Lipinski definition) is 7. The normalized spacial score (nSPS) is 25.2. The molecule has 3 unspecified atom stereocenters. The second-order valence-electron chi connectivity index (χ2n) is 11.9. The van der Waals surface area contributed by atoms with Crippen LogP contribution in [0.4, 0.5) is 4.39 Å². The first-order valence-corrected chi connectivity index (χ1v) is 16.0. The van der Waals surface area contributed by atoms with E-state index < -0.39 is 10.0 Å². The average Bonchev–Trinajstić information content (AvgIpc) is 3.44. The number of aryl methyl sites for hydroxylation is 2. The molecule has 3 fully saturated rings. The first kappa shape index (κ1) is 29.5. The van der Waals surface area contributed by atoms with Gasteiger partial charge in [0, 0.05) is 51.7 Å². The quantitative estimate of drug-likeness (QED) is 0.479. The van der Waals surface area contributed by atoms with Crippen molar-refractivity contribution < 1.29 is 22.4 Å². The number of fused-ring (bicyclic) bond motifs is 1. The van der Waals surface area contributed by atoms with Crippen LogP contribution in [0, 0.1) is 37.4 Å². The number of likely N-dealkylation sites (tertiary alicyclic amines) is 2. The molecule has 5 rings (SSSR count). The van der Waals surface area contributed by atoms with Gasteiger partial charge < -0.3 is 15.1 Å². The zero-order valence-corrected chi connectivity index (χ0v) is 24.9. The molecule has 3 aliphatic rings. The number of carbonyl (C=O) groups excluding carboxylic acids is 2. The van der Waals surface area contributed by atoms with Gasteiger partial charge in [0.05, 0.1) is 29.2 Å². The molecule has 0 spiro atoms. The van der Waals surface area contributed by atoms with E-state index in [-0.39, 0.29) is 35.6 Å². The summed E-state index contributed by atoms with van der Waals surface area (Å²) in [6.45, 7) is 7.53. The maximum atomic E-state index is 14.1. The summed E-state index contributed by atoms with van der Waals surface area (Å²) in [7, 11) is -1.76. The van der Waals surface area contributed by atoms with Crippen LogP contribution in [0.25, 0.3) is 0 Å². The molecule has 2 aliphatic heterocycles. The van der Waals surface area contributed by atoms with E-state index in [0.29, 0.717) is 61.1 Å². The lowest BCUT2D eigenvalue weighted by Crippen LogP contribution is -2.50. The zero-order chi connectivity index (χ0) is 29.5. The van der Waals surface area contributed by atoms with E-state index in [9.17, 15) is 22.4 Å². The van der Waals surface area contributed by atoms with Crippen molar-refractivity contribution in [2.75, 3.05) is 46.0 Å². The van der Waals surface area contributed by atoms with Gasteiger partial charge in [0.1, 0.15) is 12.1 Å². The highest BCUT2D eigenvalue weighted by Crippen LogP contribution is 2.35. The lowest BCUT2D eigenvalue weighted by Gasteiger charge is -2.39. The molecular formula is C29H39FN6O4S. The predicted octanol–water partition coefficient (Wildman–Crippen LogP) is 2.15. The zero-order valence-electron chi connectivity index (χ0n) is 24.1. The summed E-state index contributed by atoms with van der Waals surface area (Å²) in [5.41, 5.74) is 2.71. The molecule has 0 radical (unpaired) electrons. The van der Waals surface area contributed by atoms with Crippen LogP contribution in [0.3, 0.4) is 0 Å². The molecule has 2 saturated heterocycles. The number of nitrogens with one attached hydrogen (secondary N) is 1. The molecule has 1 aliphatic carbocycles. The Morgan fingerprint density at radius 3 is 2.32 bits per heavy atom. The molecule has 1 N–H and O–H groups in total. The van der Waals surface area contributed by atoms with E-state index >= 15 is 0 Å². The van der Waals surface area contributed by atoms with Crippen molar-refractivity contribution >= 4 is 21.8 Å². The number of benzene rings is 1. The number of carbonyl (C=O) groups is 2. The Labute approximate surface area is 241 Å². The van der Waals surface area contributed by atoms with Gasteiger partial charge in [0.2, 0.25) is 15.9 Å². The number of hydrogen-bond donors (Lipinski definition) is 1. The van der Waals surface area contributed by atoms with Gasteiger partial charge in [0.25, 0.3) is 5.91 Å². The topological polar surface area (TPSA) is 116 Å². The van der Waals surface area contributed by atoms with Crippen LogP contribution in [0.15, 0.2) is 30.6 Å². The third-order valence-corrected chi connectivity index (χ3v) is 10.5. The SMILES string of the molecule is Cc1ncnc(C)c1C(=O)N1CC2CN(CCC(NC(=O)C3CC(N(C)S(C)(=O)=O)C3)c3cccc(F)c3)CC2C1. The lowest BCUT2D eigenvalue weighted by molar-refractivity contribution is -0.129. The fourth-order valence-electron chi connectivity index (χ4n) is 6.52. The van der Waals surface area contributed by atoms with Crippen LogP contribution < -0.4 is 5.32 Å². The molecule has 1 aromatic carbocycles. The van der Waals surface area contributed by atoms with E-state index in [2.05, 4.69) is 20.2 Å². The highest BCUT2D eigenvalue weighted by Gasteiger charge is 2.43. The summed E-state index contributed by atoms with van der Waals surface area (Å²) in [4.78, 5) is 39.0. The van der Waals surface area contributed by atoms with Crippen molar-refractivity contribution in [3.63, 3.8) is 0 Å². The number of nitrogens with zero attached hydrogens (tertiary/aromatic N) is 5. The molecule has 2 amide bonds. The van der Waals surface area contributed by atoms with Crippen molar-refractivity contribution in [2.24, 2.45) is 17.8 Å². The summed E-state index contributed by atoms with van der Waals surface area (Å²) in [6, 6.07) is 5.80. The smallest absolute Gasteiger partial charge is 0.257 e. The Morgan fingerprint density at radius 2 is 1.73 bits per heavy atom. The number of amides is 2.